The number of rotatable bonds is 10. The number of nitrogens with one attached hydrogen (secondary N) is 2. The number of ketones is 2. The highest BCUT2D eigenvalue weighted by molar-refractivity contribution is 6.56. The van der Waals surface area contributed by atoms with E-state index in [9.17, 15) is 29.4 Å². The molecule has 1 aliphatic carbocycles. The second kappa shape index (κ2) is 9.93. The Morgan fingerprint density at radius 3 is 1.29 bits per heavy atom. The minimum atomic E-state index is -1.21. The summed E-state index contributed by atoms with van der Waals surface area (Å²) in [7, 11) is 0. The van der Waals surface area contributed by atoms with Crippen LogP contribution in [-0.4, -0.2) is 45.8 Å². The molecular weight excluding hydrogens is 411 g/mol. The van der Waals surface area contributed by atoms with Gasteiger partial charge in [0.15, 0.2) is 0 Å². The maximum Gasteiger partial charge on any atom is 0.326 e. The topological polar surface area (TPSA) is 133 Å². The Hall–Kier alpha value is -2.06. The van der Waals surface area contributed by atoms with Gasteiger partial charge >= 0.3 is 11.9 Å². The van der Waals surface area contributed by atoms with Gasteiger partial charge in [-0.3, -0.25) is 9.59 Å². The molecule has 0 amide bonds. The van der Waals surface area contributed by atoms with Crippen LogP contribution in [-0.2, 0) is 19.2 Å². The number of carboxylic acid groups (broad SMARTS) is 2. The molecule has 10 heteroatoms. The number of carboxylic acids is 2. The second-order valence-electron chi connectivity index (χ2n) is 7.37. The van der Waals surface area contributed by atoms with Gasteiger partial charge in [0.25, 0.3) is 0 Å². The fourth-order valence-corrected chi connectivity index (χ4v) is 3.11. The van der Waals surface area contributed by atoms with Gasteiger partial charge in [-0.25, -0.2) is 9.59 Å². The van der Waals surface area contributed by atoms with Crippen LogP contribution in [0.2, 0.25) is 0 Å². The minimum absolute atomic E-state index is 0.00188. The lowest BCUT2D eigenvalue weighted by Gasteiger charge is -2.25. The first-order valence-electron chi connectivity index (χ1n) is 8.74. The van der Waals surface area contributed by atoms with Crippen molar-refractivity contribution in [2.24, 2.45) is 11.8 Å². The first-order valence-corrected chi connectivity index (χ1v) is 9.49. The van der Waals surface area contributed by atoms with Crippen molar-refractivity contribution < 1.29 is 29.4 Å². The first kappa shape index (κ1) is 24.0. The van der Waals surface area contributed by atoms with Gasteiger partial charge in [0.2, 0.25) is 11.6 Å². The fourth-order valence-electron chi connectivity index (χ4n) is 2.64. The Labute approximate surface area is 172 Å². The molecule has 156 valence electrons. The molecule has 0 aromatic carbocycles. The van der Waals surface area contributed by atoms with Crippen molar-refractivity contribution in [3.05, 3.63) is 21.5 Å². The lowest BCUT2D eigenvalue weighted by molar-refractivity contribution is -0.140. The third kappa shape index (κ3) is 5.97. The molecule has 2 unspecified atom stereocenters. The molecule has 0 radical (unpaired) electrons. The predicted molar refractivity (Wildman–Crippen MR) is 104 cm³/mol. The first-order chi connectivity index (χ1) is 12.9. The average Bonchev–Trinajstić information content (AvgIpc) is 2.57. The van der Waals surface area contributed by atoms with Crippen molar-refractivity contribution in [2.75, 3.05) is 0 Å². The maximum absolute atomic E-state index is 12.6. The summed E-state index contributed by atoms with van der Waals surface area (Å²) in [5.41, 5.74) is -0.822. The molecule has 0 saturated heterocycles. The molecule has 0 fully saturated rings. The molecule has 0 aliphatic heterocycles. The normalized spacial score (nSPS) is 17.3. The van der Waals surface area contributed by atoms with Gasteiger partial charge in [-0.15, -0.1) is 0 Å². The number of allylic oxidation sites excluding steroid dienone is 2. The second-order valence-corrected chi connectivity index (χ2v) is 8.12. The summed E-state index contributed by atoms with van der Waals surface area (Å²) >= 11 is 12.0. The van der Waals surface area contributed by atoms with Gasteiger partial charge in [-0.05, 0) is 24.7 Å². The Morgan fingerprint density at radius 1 is 0.786 bits per heavy atom. The highest BCUT2D eigenvalue weighted by Gasteiger charge is 2.37. The molecule has 8 nitrogen and oxygen atoms in total. The van der Waals surface area contributed by atoms with Crippen LogP contribution >= 0.6 is 23.2 Å². The number of aliphatic carboxylic acids is 2. The fraction of sp³-hybridized carbons (Fsp3) is 0.556. The van der Waals surface area contributed by atoms with Crippen LogP contribution in [0.25, 0.3) is 0 Å². The van der Waals surface area contributed by atoms with Gasteiger partial charge in [0.05, 0.1) is 0 Å². The van der Waals surface area contributed by atoms with Gasteiger partial charge in [0.1, 0.15) is 33.5 Å². The van der Waals surface area contributed by atoms with Crippen LogP contribution in [0.15, 0.2) is 21.5 Å². The minimum Gasteiger partial charge on any atom is -0.480 e. The van der Waals surface area contributed by atoms with Crippen LogP contribution in [0.1, 0.15) is 40.5 Å². The van der Waals surface area contributed by atoms with Crippen molar-refractivity contribution in [1.29, 1.82) is 0 Å². The third-order valence-electron chi connectivity index (χ3n) is 3.94. The SMILES string of the molecule is CC(C)CC(NC1=C(Cl)C(=O)C(NC(CC(C)C)C(=O)O)=C(Cl)C1=O)C(=O)O. The molecule has 2 atom stereocenters. The van der Waals surface area contributed by atoms with Crippen LogP contribution in [0.5, 0.6) is 0 Å². The zero-order chi connectivity index (χ0) is 21.8. The van der Waals surface area contributed by atoms with Gasteiger partial charge < -0.3 is 20.8 Å². The summed E-state index contributed by atoms with van der Waals surface area (Å²) in [6.07, 6.45) is 0.374. The molecule has 4 N–H and O–H groups in total. The Kier molecular flexibility index (Phi) is 8.50. The van der Waals surface area contributed by atoms with E-state index in [1.54, 1.807) is 27.7 Å². The molecule has 0 bridgehead atoms. The highest BCUT2D eigenvalue weighted by Crippen LogP contribution is 2.28. The van der Waals surface area contributed by atoms with Crippen LogP contribution in [0.3, 0.4) is 0 Å². The summed E-state index contributed by atoms with van der Waals surface area (Å²) in [4.78, 5) is 48.0. The van der Waals surface area contributed by atoms with Crippen molar-refractivity contribution in [1.82, 2.24) is 10.6 Å². The molecule has 1 aliphatic rings. The van der Waals surface area contributed by atoms with Crippen LogP contribution < -0.4 is 10.6 Å². The van der Waals surface area contributed by atoms with Crippen molar-refractivity contribution in [3.8, 4) is 0 Å². The summed E-state index contributed by atoms with van der Waals surface area (Å²) in [5.74, 6) is -4.18. The van der Waals surface area contributed by atoms with Crippen molar-refractivity contribution in [3.63, 3.8) is 0 Å². The summed E-state index contributed by atoms with van der Waals surface area (Å²) in [5, 5.41) is 22.6. The maximum atomic E-state index is 12.6. The van der Waals surface area contributed by atoms with Gasteiger partial charge in [-0.2, -0.15) is 0 Å². The number of hydrogen-bond acceptors (Lipinski definition) is 6. The van der Waals surface area contributed by atoms with E-state index in [2.05, 4.69) is 10.6 Å². The van der Waals surface area contributed by atoms with Crippen molar-refractivity contribution >= 4 is 46.7 Å². The largest absolute Gasteiger partial charge is 0.480 e. The van der Waals surface area contributed by atoms with Crippen LogP contribution in [0.4, 0.5) is 0 Å². The zero-order valence-electron chi connectivity index (χ0n) is 16.0. The number of carbonyl (C=O) groups is 4. The monoisotopic (exact) mass is 434 g/mol. The number of Topliss-reactive ketones (excluding diaryl/α,β-unsaturated/α-hetero) is 2. The Balaban J connectivity index is 3.18. The molecule has 0 aromatic rings. The lowest BCUT2D eigenvalue weighted by atomic mass is 9.99. The van der Waals surface area contributed by atoms with Crippen LogP contribution in [0, 0.1) is 11.8 Å². The van der Waals surface area contributed by atoms with E-state index in [0.717, 1.165) is 0 Å². The molecule has 28 heavy (non-hydrogen) atoms. The summed E-state index contributed by atoms with van der Waals surface area (Å²) in [6.45, 7) is 7.21. The number of carbonyl (C=O) groups excluding carboxylic acids is 2. The smallest absolute Gasteiger partial charge is 0.326 e. The lowest BCUT2D eigenvalue weighted by Crippen LogP contribution is -2.45. The molecular formula is C18H24Cl2N2O6. The molecule has 0 heterocycles. The quantitative estimate of drug-likeness (QED) is 0.384. The van der Waals surface area contributed by atoms with Gasteiger partial charge in [0, 0.05) is 0 Å². The van der Waals surface area contributed by atoms with E-state index in [1.807, 2.05) is 0 Å². The number of halogens is 2. The summed E-state index contributed by atoms with van der Waals surface area (Å²) in [6, 6.07) is -2.29. The molecule has 0 spiro atoms. The van der Waals surface area contributed by atoms with E-state index in [4.69, 9.17) is 23.2 Å². The highest BCUT2D eigenvalue weighted by atomic mass is 35.5. The van der Waals surface area contributed by atoms with E-state index >= 15 is 0 Å². The molecule has 1 rings (SSSR count). The molecule has 0 saturated carbocycles. The molecule has 0 aromatic heterocycles. The third-order valence-corrected chi connectivity index (χ3v) is 4.66. The predicted octanol–water partition coefficient (Wildman–Crippen LogP) is 2.22. The Bertz CT molecular complexity index is 680. The average molecular weight is 435 g/mol. The van der Waals surface area contributed by atoms with E-state index in [-0.39, 0.29) is 24.7 Å². The zero-order valence-corrected chi connectivity index (χ0v) is 17.5. The summed E-state index contributed by atoms with van der Waals surface area (Å²) < 4.78 is 0. The number of hydrogen-bond donors (Lipinski definition) is 4. The van der Waals surface area contributed by atoms with E-state index in [0.29, 0.717) is 0 Å². The van der Waals surface area contributed by atoms with Gasteiger partial charge in [-0.1, -0.05) is 50.9 Å². The van der Waals surface area contributed by atoms with E-state index in [1.165, 1.54) is 0 Å². The van der Waals surface area contributed by atoms with E-state index < -0.39 is 57.0 Å². The van der Waals surface area contributed by atoms with Crippen molar-refractivity contribution in [2.45, 2.75) is 52.6 Å². The standard InChI is InChI=1S/C18H24Cl2N2O6/c1-7(2)5-9(17(25)26)21-13-11(19)16(24)14(12(20)15(13)23)22-10(18(27)28)6-8(3)4/h7-10,21-22H,5-6H2,1-4H3,(H,25,26)(H,27,28). The Morgan fingerprint density at radius 2 is 1.07 bits per heavy atom.